The van der Waals surface area contributed by atoms with Crippen LogP contribution in [0.2, 0.25) is 0 Å². The van der Waals surface area contributed by atoms with Gasteiger partial charge in [0.1, 0.15) is 5.82 Å². The number of nitriles is 1. The Labute approximate surface area is 71.2 Å². The van der Waals surface area contributed by atoms with Crippen molar-refractivity contribution in [3.63, 3.8) is 0 Å². The average Bonchev–Trinajstić information content (AvgIpc) is 2.09. The van der Waals surface area contributed by atoms with Gasteiger partial charge in [-0.3, -0.25) is 0 Å². The predicted octanol–water partition coefficient (Wildman–Crippen LogP) is 1.59. The van der Waals surface area contributed by atoms with Crippen molar-refractivity contribution < 1.29 is 0 Å². The smallest absolute Gasteiger partial charge is 0.123 e. The van der Waals surface area contributed by atoms with E-state index in [1.165, 1.54) is 0 Å². The third-order valence-corrected chi connectivity index (χ3v) is 1.33. The van der Waals surface area contributed by atoms with Gasteiger partial charge in [-0.15, -0.1) is 0 Å². The van der Waals surface area contributed by atoms with Crippen molar-refractivity contribution in [3.05, 3.63) is 30.0 Å². The van der Waals surface area contributed by atoms with E-state index in [4.69, 9.17) is 11.0 Å². The molecule has 0 radical (unpaired) electrons. The lowest BCUT2D eigenvalue weighted by Gasteiger charge is -1.92. The molecule has 12 heavy (non-hydrogen) atoms. The van der Waals surface area contributed by atoms with Crippen LogP contribution in [0, 0.1) is 11.3 Å². The third-order valence-electron chi connectivity index (χ3n) is 1.33. The summed E-state index contributed by atoms with van der Waals surface area (Å²) in [5.41, 5.74) is 6.35. The van der Waals surface area contributed by atoms with Crippen molar-refractivity contribution >= 4 is 11.9 Å². The molecule has 0 fully saturated rings. The topological polar surface area (TPSA) is 62.7 Å². The molecule has 0 spiro atoms. The summed E-state index contributed by atoms with van der Waals surface area (Å²) < 4.78 is 0. The van der Waals surface area contributed by atoms with Gasteiger partial charge in [0.2, 0.25) is 0 Å². The van der Waals surface area contributed by atoms with E-state index in [0.29, 0.717) is 12.2 Å². The highest BCUT2D eigenvalue weighted by atomic mass is 14.8. The summed E-state index contributed by atoms with van der Waals surface area (Å²) in [6.45, 7) is 0. The minimum absolute atomic E-state index is 0.421. The zero-order valence-corrected chi connectivity index (χ0v) is 6.57. The first-order valence-corrected chi connectivity index (χ1v) is 3.58. The van der Waals surface area contributed by atoms with E-state index in [1.807, 2.05) is 18.2 Å². The zero-order valence-electron chi connectivity index (χ0n) is 6.57. The van der Waals surface area contributed by atoms with Gasteiger partial charge in [-0.05, 0) is 17.7 Å². The van der Waals surface area contributed by atoms with Gasteiger partial charge in [-0.2, -0.15) is 5.26 Å². The first-order valence-electron chi connectivity index (χ1n) is 3.58. The lowest BCUT2D eigenvalue weighted by atomic mass is 10.2. The number of nitrogens with zero attached hydrogens (tertiary/aromatic N) is 2. The monoisotopic (exact) mass is 159 g/mol. The second-order valence-corrected chi connectivity index (χ2v) is 2.28. The fourth-order valence-corrected chi connectivity index (χ4v) is 0.763. The number of nitrogens with two attached hydrogens (primary N) is 1. The molecule has 2 N–H and O–H groups in total. The molecule has 1 aromatic rings. The van der Waals surface area contributed by atoms with Gasteiger partial charge in [-0.25, -0.2) is 4.98 Å². The molecule has 1 heterocycles. The molecule has 0 aliphatic carbocycles. The Morgan fingerprint density at radius 2 is 2.42 bits per heavy atom. The van der Waals surface area contributed by atoms with E-state index >= 15 is 0 Å². The van der Waals surface area contributed by atoms with Gasteiger partial charge in [0, 0.05) is 6.20 Å². The first-order chi connectivity index (χ1) is 5.83. The van der Waals surface area contributed by atoms with Gasteiger partial charge in [0.25, 0.3) is 0 Å². The highest BCUT2D eigenvalue weighted by Gasteiger charge is 1.86. The Bertz CT molecular complexity index is 306. The number of allylic oxidation sites excluding steroid dienone is 1. The number of hydrogen-bond donors (Lipinski definition) is 1. The van der Waals surface area contributed by atoms with Crippen LogP contribution in [0.5, 0.6) is 0 Å². The van der Waals surface area contributed by atoms with Crippen molar-refractivity contribution in [3.8, 4) is 6.07 Å². The van der Waals surface area contributed by atoms with E-state index in [-0.39, 0.29) is 0 Å². The van der Waals surface area contributed by atoms with Crippen molar-refractivity contribution in [2.45, 2.75) is 6.42 Å². The molecular formula is C9H9N3. The minimum Gasteiger partial charge on any atom is -0.384 e. The van der Waals surface area contributed by atoms with Crippen molar-refractivity contribution in [1.29, 1.82) is 5.26 Å². The largest absolute Gasteiger partial charge is 0.384 e. The van der Waals surface area contributed by atoms with Gasteiger partial charge < -0.3 is 5.73 Å². The average molecular weight is 159 g/mol. The van der Waals surface area contributed by atoms with Crippen molar-refractivity contribution in [1.82, 2.24) is 4.98 Å². The Hall–Kier alpha value is -1.82. The number of aromatic nitrogens is 1. The maximum absolute atomic E-state index is 8.25. The number of anilines is 1. The number of rotatable bonds is 2. The van der Waals surface area contributed by atoms with Gasteiger partial charge >= 0.3 is 0 Å². The summed E-state index contributed by atoms with van der Waals surface area (Å²) in [7, 11) is 0. The maximum Gasteiger partial charge on any atom is 0.123 e. The molecule has 0 saturated carbocycles. The van der Waals surface area contributed by atoms with Gasteiger partial charge in [0.05, 0.1) is 12.5 Å². The van der Waals surface area contributed by atoms with Crippen LogP contribution in [-0.4, -0.2) is 4.98 Å². The quantitative estimate of drug-likeness (QED) is 0.712. The van der Waals surface area contributed by atoms with Crippen molar-refractivity contribution in [2.75, 3.05) is 5.73 Å². The van der Waals surface area contributed by atoms with Crippen LogP contribution in [0.4, 0.5) is 5.82 Å². The SMILES string of the molecule is N#CCC=Cc1ccc(N)nc1. The van der Waals surface area contributed by atoms with Crippen molar-refractivity contribution in [2.24, 2.45) is 0 Å². The molecule has 0 aliphatic rings. The Kier molecular flexibility index (Phi) is 2.86. The predicted molar refractivity (Wildman–Crippen MR) is 47.9 cm³/mol. The second-order valence-electron chi connectivity index (χ2n) is 2.28. The third kappa shape index (κ3) is 2.43. The Balaban J connectivity index is 2.66. The van der Waals surface area contributed by atoms with Crippen LogP contribution in [0.1, 0.15) is 12.0 Å². The number of hydrogen-bond acceptors (Lipinski definition) is 3. The minimum atomic E-state index is 0.421. The first kappa shape index (κ1) is 8.28. The lowest BCUT2D eigenvalue weighted by molar-refractivity contribution is 1.32. The van der Waals surface area contributed by atoms with E-state index in [2.05, 4.69) is 4.98 Å². The molecule has 3 nitrogen and oxygen atoms in total. The van der Waals surface area contributed by atoms with E-state index in [0.717, 1.165) is 5.56 Å². The summed E-state index contributed by atoms with van der Waals surface area (Å²) in [6.07, 6.45) is 5.72. The summed E-state index contributed by atoms with van der Waals surface area (Å²) in [4.78, 5) is 3.90. The number of nitrogen functional groups attached to an aromatic ring is 1. The fourth-order valence-electron chi connectivity index (χ4n) is 0.763. The second kappa shape index (κ2) is 4.14. The summed E-state index contributed by atoms with van der Waals surface area (Å²) in [5, 5.41) is 8.25. The van der Waals surface area contributed by atoms with Crippen LogP contribution < -0.4 is 5.73 Å². The molecule has 1 aromatic heterocycles. The molecule has 60 valence electrons. The molecule has 0 amide bonds. The highest BCUT2D eigenvalue weighted by Crippen LogP contribution is 2.03. The molecule has 0 saturated heterocycles. The van der Waals surface area contributed by atoms with Gasteiger partial charge in [0.15, 0.2) is 0 Å². The summed E-state index contributed by atoms with van der Waals surface area (Å²) in [6, 6.07) is 5.60. The van der Waals surface area contributed by atoms with Crippen LogP contribution in [-0.2, 0) is 0 Å². The Morgan fingerprint density at radius 1 is 1.58 bits per heavy atom. The standard InChI is InChI=1S/C9H9N3/c10-6-2-1-3-8-4-5-9(11)12-7-8/h1,3-5,7H,2H2,(H2,11,12). The van der Waals surface area contributed by atoms with Gasteiger partial charge in [-0.1, -0.05) is 12.2 Å². The maximum atomic E-state index is 8.25. The molecule has 1 rings (SSSR count). The van der Waals surface area contributed by atoms with Crippen LogP contribution in [0.25, 0.3) is 6.08 Å². The van der Waals surface area contributed by atoms with Crippen LogP contribution >= 0.6 is 0 Å². The summed E-state index contributed by atoms with van der Waals surface area (Å²) in [5.74, 6) is 0.507. The lowest BCUT2D eigenvalue weighted by Crippen LogP contribution is -1.87. The zero-order chi connectivity index (χ0) is 8.81. The summed E-state index contributed by atoms with van der Waals surface area (Å²) >= 11 is 0. The van der Waals surface area contributed by atoms with Crippen LogP contribution in [0.3, 0.4) is 0 Å². The normalized spacial score (nSPS) is 9.92. The molecule has 0 aromatic carbocycles. The van der Waals surface area contributed by atoms with E-state index < -0.39 is 0 Å². The van der Waals surface area contributed by atoms with E-state index in [1.54, 1.807) is 18.3 Å². The fraction of sp³-hybridized carbons (Fsp3) is 0.111. The molecule has 0 unspecified atom stereocenters. The molecule has 0 bridgehead atoms. The number of pyridine rings is 1. The van der Waals surface area contributed by atoms with Crippen LogP contribution in [0.15, 0.2) is 24.4 Å². The van der Waals surface area contributed by atoms with E-state index in [9.17, 15) is 0 Å². The molecular weight excluding hydrogens is 150 g/mol. The molecule has 0 atom stereocenters. The molecule has 3 heteroatoms. The molecule has 0 aliphatic heterocycles. The highest BCUT2D eigenvalue weighted by molar-refractivity contribution is 5.49. The Morgan fingerprint density at radius 3 is 3.00 bits per heavy atom.